The van der Waals surface area contributed by atoms with Crippen LogP contribution in [0.2, 0.25) is 0 Å². The molecule has 1 unspecified atom stereocenters. The maximum absolute atomic E-state index is 12.4. The van der Waals surface area contributed by atoms with Crippen molar-refractivity contribution in [3.8, 4) is 11.4 Å². The molecule has 4 heterocycles. The van der Waals surface area contributed by atoms with Crippen LogP contribution in [0.15, 0.2) is 52.1 Å². The molecule has 0 amide bonds. The Morgan fingerprint density at radius 2 is 2.17 bits per heavy atom. The number of hydrogen-bond acceptors (Lipinski definition) is 6. The first-order chi connectivity index (χ1) is 11.7. The zero-order chi connectivity index (χ0) is 16.5. The Morgan fingerprint density at radius 1 is 1.25 bits per heavy atom. The minimum atomic E-state index is -1.18. The molecule has 0 radical (unpaired) electrons. The van der Waals surface area contributed by atoms with Gasteiger partial charge in [-0.05, 0) is 24.6 Å². The smallest absolute Gasteiger partial charge is 0.239 e. The van der Waals surface area contributed by atoms with E-state index < -0.39 is 10.8 Å². The summed E-state index contributed by atoms with van der Waals surface area (Å²) in [4.78, 5) is 8.77. The van der Waals surface area contributed by atoms with Crippen LogP contribution in [0.5, 0.6) is 0 Å². The van der Waals surface area contributed by atoms with Crippen molar-refractivity contribution in [2.45, 2.75) is 18.4 Å². The van der Waals surface area contributed by atoms with E-state index in [-0.39, 0.29) is 5.75 Å². The van der Waals surface area contributed by atoms with Crippen LogP contribution in [0.4, 0.5) is 0 Å². The highest BCUT2D eigenvalue weighted by Gasteiger charge is 2.14. The molecule has 1 atom stereocenters. The zero-order valence-corrected chi connectivity index (χ0v) is 13.7. The molecule has 0 bridgehead atoms. The maximum atomic E-state index is 12.4. The van der Waals surface area contributed by atoms with Gasteiger partial charge in [-0.2, -0.15) is 4.98 Å². The van der Waals surface area contributed by atoms with Crippen molar-refractivity contribution >= 4 is 16.4 Å². The van der Waals surface area contributed by atoms with Gasteiger partial charge in [-0.25, -0.2) is 4.98 Å². The van der Waals surface area contributed by atoms with Gasteiger partial charge in [0.1, 0.15) is 17.7 Å². The second-order valence-corrected chi connectivity index (χ2v) is 6.86. The Bertz CT molecular complexity index is 1000. The summed E-state index contributed by atoms with van der Waals surface area (Å²) >= 11 is 0. The Labute approximate surface area is 139 Å². The number of hydrogen-bond donors (Lipinski definition) is 0. The lowest BCUT2D eigenvalue weighted by Crippen LogP contribution is -2.00. The van der Waals surface area contributed by atoms with E-state index in [1.807, 2.05) is 35.9 Å². The third-order valence-corrected chi connectivity index (χ3v) is 4.76. The molecule has 8 heteroatoms. The van der Waals surface area contributed by atoms with E-state index in [0.29, 0.717) is 17.5 Å². The van der Waals surface area contributed by atoms with Gasteiger partial charge in [0.05, 0.1) is 23.3 Å². The van der Waals surface area contributed by atoms with Crippen molar-refractivity contribution in [3.63, 3.8) is 0 Å². The van der Waals surface area contributed by atoms with Crippen molar-refractivity contribution in [3.05, 3.63) is 60.3 Å². The fourth-order valence-corrected chi connectivity index (χ4v) is 3.41. The van der Waals surface area contributed by atoms with Gasteiger partial charge in [0, 0.05) is 23.2 Å². The van der Waals surface area contributed by atoms with Crippen LogP contribution >= 0.6 is 0 Å². The maximum Gasteiger partial charge on any atom is 0.239 e. The largest absolute Gasteiger partial charge is 0.472 e. The average molecular weight is 342 g/mol. The highest BCUT2D eigenvalue weighted by molar-refractivity contribution is 7.83. The zero-order valence-electron chi connectivity index (χ0n) is 12.9. The van der Waals surface area contributed by atoms with Gasteiger partial charge in [0.2, 0.25) is 11.7 Å². The third kappa shape index (κ3) is 2.88. The molecule has 7 nitrogen and oxygen atoms in total. The van der Waals surface area contributed by atoms with Gasteiger partial charge in [0.15, 0.2) is 0 Å². The summed E-state index contributed by atoms with van der Waals surface area (Å²) in [5.41, 5.74) is 3.46. The molecule has 4 aromatic rings. The number of aromatic nitrogens is 4. The number of pyridine rings is 1. The van der Waals surface area contributed by atoms with Crippen molar-refractivity contribution < 1.29 is 13.1 Å². The molecule has 0 aromatic carbocycles. The normalized spacial score (nSPS) is 12.7. The minimum Gasteiger partial charge on any atom is -0.472 e. The predicted octanol–water partition coefficient (Wildman–Crippen LogP) is 2.73. The lowest BCUT2D eigenvalue weighted by Gasteiger charge is -1.95. The molecule has 4 rings (SSSR count). The second-order valence-electron chi connectivity index (χ2n) is 5.41. The number of furan rings is 1. The van der Waals surface area contributed by atoms with Crippen molar-refractivity contribution in [1.29, 1.82) is 0 Å². The summed E-state index contributed by atoms with van der Waals surface area (Å²) in [6, 6.07) is 5.70. The molecule has 4 aromatic heterocycles. The van der Waals surface area contributed by atoms with E-state index >= 15 is 0 Å². The standard InChI is InChI=1S/C16H14N4O3S/c1-11-3-2-5-20-7-13(17-16(11)20)9-24(21)10-14-18-15(19-23-14)12-4-6-22-8-12/h2-8H,9-10H2,1H3. The Morgan fingerprint density at radius 3 is 2.96 bits per heavy atom. The lowest BCUT2D eigenvalue weighted by molar-refractivity contribution is 0.390. The topological polar surface area (TPSA) is 86.4 Å². The fraction of sp³-hybridized carbons (Fsp3) is 0.188. The molecule has 0 N–H and O–H groups in total. The van der Waals surface area contributed by atoms with Gasteiger partial charge in [-0.15, -0.1) is 0 Å². The third-order valence-electron chi connectivity index (χ3n) is 3.57. The minimum absolute atomic E-state index is 0.192. The number of imidazole rings is 1. The van der Waals surface area contributed by atoms with E-state index in [9.17, 15) is 4.21 Å². The monoisotopic (exact) mass is 342 g/mol. The van der Waals surface area contributed by atoms with Crippen LogP contribution in [-0.4, -0.2) is 23.7 Å². The molecule has 24 heavy (non-hydrogen) atoms. The SMILES string of the molecule is Cc1cccn2cc(CS(=O)Cc3nc(-c4ccoc4)no3)nc12. The van der Waals surface area contributed by atoms with Crippen molar-refractivity contribution in [2.24, 2.45) is 0 Å². The van der Waals surface area contributed by atoms with Crippen LogP contribution in [-0.2, 0) is 22.3 Å². The summed E-state index contributed by atoms with van der Waals surface area (Å²) in [5.74, 6) is 1.30. The summed E-state index contributed by atoms with van der Waals surface area (Å²) in [6.45, 7) is 2.00. The molecule has 0 saturated heterocycles. The molecule has 122 valence electrons. The number of fused-ring (bicyclic) bond motifs is 1. The Hall–Kier alpha value is -2.74. The van der Waals surface area contributed by atoms with Crippen LogP contribution in [0.1, 0.15) is 17.1 Å². The number of nitrogens with zero attached hydrogens (tertiary/aromatic N) is 4. The molecular formula is C16H14N4O3S. The summed E-state index contributed by atoms with van der Waals surface area (Å²) in [6.07, 6.45) is 6.89. The molecule has 0 saturated carbocycles. The average Bonchev–Trinajstić information content (AvgIpc) is 3.26. The molecule has 0 aliphatic heterocycles. The van der Waals surface area contributed by atoms with Crippen LogP contribution in [0.25, 0.3) is 17.0 Å². The summed E-state index contributed by atoms with van der Waals surface area (Å²) < 4.78 is 24.4. The quantitative estimate of drug-likeness (QED) is 0.554. The molecule has 0 spiro atoms. The van der Waals surface area contributed by atoms with E-state index in [2.05, 4.69) is 15.1 Å². The molecular weight excluding hydrogens is 328 g/mol. The van der Waals surface area contributed by atoms with E-state index in [0.717, 1.165) is 22.5 Å². The Balaban J connectivity index is 1.47. The highest BCUT2D eigenvalue weighted by Crippen LogP contribution is 2.17. The van der Waals surface area contributed by atoms with Gasteiger partial charge in [-0.1, -0.05) is 11.2 Å². The molecule has 0 fully saturated rings. The van der Waals surface area contributed by atoms with Gasteiger partial charge in [0.25, 0.3) is 0 Å². The first kappa shape index (κ1) is 14.8. The van der Waals surface area contributed by atoms with E-state index in [1.165, 1.54) is 12.5 Å². The van der Waals surface area contributed by atoms with Gasteiger partial charge >= 0.3 is 0 Å². The summed E-state index contributed by atoms with van der Waals surface area (Å²) in [5, 5.41) is 3.86. The predicted molar refractivity (Wildman–Crippen MR) is 87.5 cm³/mol. The first-order valence-electron chi connectivity index (χ1n) is 7.32. The highest BCUT2D eigenvalue weighted by atomic mass is 32.2. The van der Waals surface area contributed by atoms with E-state index in [1.54, 1.807) is 6.07 Å². The van der Waals surface area contributed by atoms with Crippen molar-refractivity contribution in [1.82, 2.24) is 19.5 Å². The number of rotatable bonds is 5. The fourth-order valence-electron chi connectivity index (χ4n) is 2.45. The number of aryl methyl sites for hydroxylation is 1. The molecule has 0 aliphatic carbocycles. The van der Waals surface area contributed by atoms with Crippen LogP contribution in [0, 0.1) is 6.92 Å². The van der Waals surface area contributed by atoms with E-state index in [4.69, 9.17) is 8.94 Å². The first-order valence-corrected chi connectivity index (χ1v) is 8.81. The van der Waals surface area contributed by atoms with Crippen molar-refractivity contribution in [2.75, 3.05) is 0 Å². The molecule has 0 aliphatic rings. The van der Waals surface area contributed by atoms with Crippen LogP contribution in [0.3, 0.4) is 0 Å². The second kappa shape index (κ2) is 6.04. The van der Waals surface area contributed by atoms with Gasteiger partial charge in [-0.3, -0.25) is 4.21 Å². The Kier molecular flexibility index (Phi) is 3.73. The van der Waals surface area contributed by atoms with Crippen LogP contribution < -0.4 is 0 Å². The lowest BCUT2D eigenvalue weighted by atomic mass is 10.3. The summed E-state index contributed by atoms with van der Waals surface area (Å²) in [7, 11) is -1.18. The van der Waals surface area contributed by atoms with Gasteiger partial charge < -0.3 is 13.3 Å².